The quantitative estimate of drug-likeness (QED) is 0.141. The van der Waals surface area contributed by atoms with Crippen molar-refractivity contribution in [1.29, 1.82) is 0 Å². The average Bonchev–Trinajstić information content (AvgIpc) is 3.38. The normalized spacial score (nSPS) is 11.6. The number of thiazole rings is 1. The lowest BCUT2D eigenvalue weighted by molar-refractivity contribution is -0.119. The molecule has 37 heavy (non-hydrogen) atoms. The first-order valence-electron chi connectivity index (χ1n) is 12.3. The van der Waals surface area contributed by atoms with Crippen molar-refractivity contribution in [3.8, 4) is 10.6 Å². The molecule has 6 N–H and O–H groups in total. The number of nitrogens with two attached hydrogens (primary N) is 2. The van der Waals surface area contributed by atoms with E-state index in [1.54, 1.807) is 17.4 Å². The maximum Gasteiger partial charge on any atom is 0.225 e. The molecule has 190 valence electrons. The summed E-state index contributed by atoms with van der Waals surface area (Å²) in [6.45, 7) is 0.717. The van der Waals surface area contributed by atoms with Crippen LogP contribution in [0.1, 0.15) is 42.0 Å². The number of carbonyl (C=O) groups excluding carboxylic acids is 2. The molecule has 1 atom stereocenters. The third kappa shape index (κ3) is 7.41. The van der Waals surface area contributed by atoms with Gasteiger partial charge >= 0.3 is 0 Å². The Bertz CT molecular complexity index is 1320. The monoisotopic (exact) mass is 513 g/mol. The van der Waals surface area contributed by atoms with Crippen molar-refractivity contribution >= 4 is 40.2 Å². The van der Waals surface area contributed by atoms with Gasteiger partial charge in [-0.25, -0.2) is 4.98 Å². The van der Waals surface area contributed by atoms with Crippen molar-refractivity contribution in [3.05, 3.63) is 95.5 Å². The number of anilines is 3. The smallest absolute Gasteiger partial charge is 0.225 e. The molecule has 4 rings (SSSR count). The summed E-state index contributed by atoms with van der Waals surface area (Å²) >= 11 is 1.64. The number of amides is 2. The summed E-state index contributed by atoms with van der Waals surface area (Å²) in [5, 5.41) is 7.27. The Hall–Kier alpha value is -4.17. The average molecular weight is 514 g/mol. The maximum absolute atomic E-state index is 12.4. The van der Waals surface area contributed by atoms with E-state index in [9.17, 15) is 9.59 Å². The summed E-state index contributed by atoms with van der Waals surface area (Å²) in [6, 6.07) is 25.0. The van der Waals surface area contributed by atoms with Gasteiger partial charge < -0.3 is 22.1 Å². The highest BCUT2D eigenvalue weighted by molar-refractivity contribution is 7.15. The van der Waals surface area contributed by atoms with Crippen LogP contribution in [0.3, 0.4) is 0 Å². The molecule has 7 nitrogen and oxygen atoms in total. The Morgan fingerprint density at radius 1 is 0.892 bits per heavy atom. The predicted molar refractivity (Wildman–Crippen MR) is 151 cm³/mol. The van der Waals surface area contributed by atoms with Gasteiger partial charge in [-0.05, 0) is 60.9 Å². The lowest BCUT2D eigenvalue weighted by atomic mass is 9.91. The molecule has 0 saturated heterocycles. The molecular formula is C29H31N5O2S. The molecule has 1 aromatic heterocycles. The number of nitrogen functional groups attached to an aromatic ring is 1. The van der Waals surface area contributed by atoms with E-state index >= 15 is 0 Å². The van der Waals surface area contributed by atoms with Crippen LogP contribution in [0.25, 0.3) is 10.6 Å². The van der Waals surface area contributed by atoms with E-state index in [4.69, 9.17) is 11.5 Å². The zero-order valence-electron chi connectivity index (χ0n) is 20.5. The van der Waals surface area contributed by atoms with Crippen LogP contribution in [-0.2, 0) is 16.1 Å². The van der Waals surface area contributed by atoms with Gasteiger partial charge in [0.25, 0.3) is 0 Å². The molecule has 0 aliphatic carbocycles. The summed E-state index contributed by atoms with van der Waals surface area (Å²) in [7, 11) is 0. The molecule has 0 bridgehead atoms. The van der Waals surface area contributed by atoms with E-state index in [-0.39, 0.29) is 5.91 Å². The lowest BCUT2D eigenvalue weighted by Crippen LogP contribution is -2.22. The van der Waals surface area contributed by atoms with E-state index in [2.05, 4.69) is 15.6 Å². The van der Waals surface area contributed by atoms with Crippen LogP contribution in [0.15, 0.2) is 85.1 Å². The first-order chi connectivity index (χ1) is 18.0. The topological polar surface area (TPSA) is 123 Å². The van der Waals surface area contributed by atoms with Crippen molar-refractivity contribution in [1.82, 2.24) is 4.98 Å². The Kier molecular flexibility index (Phi) is 8.89. The van der Waals surface area contributed by atoms with Crippen LogP contribution in [0.2, 0.25) is 0 Å². The minimum atomic E-state index is -0.447. The van der Waals surface area contributed by atoms with Gasteiger partial charge in [0, 0.05) is 40.1 Å². The van der Waals surface area contributed by atoms with Crippen molar-refractivity contribution in [2.75, 3.05) is 16.4 Å². The van der Waals surface area contributed by atoms with E-state index in [1.165, 1.54) is 0 Å². The number of nitrogens with one attached hydrogen (secondary N) is 2. The third-order valence-corrected chi connectivity index (χ3v) is 7.12. The largest absolute Gasteiger partial charge is 0.398 e. The Morgan fingerprint density at radius 3 is 2.35 bits per heavy atom. The number of aromatic nitrogens is 1. The predicted octanol–water partition coefficient (Wildman–Crippen LogP) is 5.77. The van der Waals surface area contributed by atoms with E-state index < -0.39 is 11.8 Å². The summed E-state index contributed by atoms with van der Waals surface area (Å²) in [6.07, 6.45) is 4.16. The fourth-order valence-corrected chi connectivity index (χ4v) is 4.96. The van der Waals surface area contributed by atoms with E-state index in [0.29, 0.717) is 31.4 Å². The number of rotatable bonds is 12. The summed E-state index contributed by atoms with van der Waals surface area (Å²) < 4.78 is 0. The molecule has 8 heteroatoms. The molecule has 0 saturated carbocycles. The highest BCUT2D eigenvalue weighted by Gasteiger charge is 2.19. The van der Waals surface area contributed by atoms with Gasteiger partial charge in [-0.15, -0.1) is 11.3 Å². The fraction of sp³-hybridized carbons (Fsp3) is 0.207. The molecule has 0 radical (unpaired) electrons. The Morgan fingerprint density at radius 2 is 1.62 bits per heavy atom. The van der Waals surface area contributed by atoms with Crippen LogP contribution >= 0.6 is 11.3 Å². The fourth-order valence-electron chi connectivity index (χ4n) is 4.10. The molecule has 1 unspecified atom stereocenters. The number of nitrogens with zero attached hydrogens (tertiary/aromatic N) is 1. The first-order valence-corrected chi connectivity index (χ1v) is 13.1. The summed E-state index contributed by atoms with van der Waals surface area (Å²) in [4.78, 5) is 30.0. The van der Waals surface area contributed by atoms with Gasteiger partial charge in [0.1, 0.15) is 5.01 Å². The molecular weight excluding hydrogens is 482 g/mol. The van der Waals surface area contributed by atoms with Gasteiger partial charge in [0.15, 0.2) is 0 Å². The van der Waals surface area contributed by atoms with Crippen LogP contribution in [0, 0.1) is 0 Å². The molecule has 3 aromatic carbocycles. The standard InChI is InChI=1S/C29H31N5O2S/c30-26-12-6-4-10-24(26)25(28(31)36)11-5-7-13-27(35)34-22-16-14-20(15-17-22)29-33-19-23(37-29)18-32-21-8-2-1-3-9-21/h1-4,6,8-10,12,14-17,19,25,32H,5,7,11,13,18,30H2,(H2,31,36)(H,34,35). The van der Waals surface area contributed by atoms with Gasteiger partial charge in [0.05, 0.1) is 12.5 Å². The molecule has 0 aliphatic heterocycles. The van der Waals surface area contributed by atoms with Crippen molar-refractivity contribution < 1.29 is 9.59 Å². The van der Waals surface area contributed by atoms with Crippen LogP contribution < -0.4 is 22.1 Å². The molecule has 2 amide bonds. The Labute approximate surface area is 220 Å². The zero-order chi connectivity index (χ0) is 26.0. The number of primary amides is 1. The third-order valence-electron chi connectivity index (χ3n) is 6.07. The molecule has 0 spiro atoms. The van der Waals surface area contributed by atoms with Crippen LogP contribution in [0.4, 0.5) is 17.1 Å². The van der Waals surface area contributed by atoms with Gasteiger partial charge in [0.2, 0.25) is 11.8 Å². The van der Waals surface area contributed by atoms with Gasteiger partial charge in [-0.3, -0.25) is 9.59 Å². The van der Waals surface area contributed by atoms with Gasteiger partial charge in [-0.2, -0.15) is 0 Å². The molecule has 4 aromatic rings. The van der Waals surface area contributed by atoms with Crippen molar-refractivity contribution in [3.63, 3.8) is 0 Å². The van der Waals surface area contributed by atoms with Gasteiger partial charge in [-0.1, -0.05) is 42.8 Å². The molecule has 1 heterocycles. The minimum absolute atomic E-state index is 0.0638. The summed E-state index contributed by atoms with van der Waals surface area (Å²) in [5.74, 6) is -0.911. The zero-order valence-corrected chi connectivity index (χ0v) is 21.3. The second-order valence-corrected chi connectivity index (χ2v) is 9.92. The number of hydrogen-bond donors (Lipinski definition) is 4. The number of benzene rings is 3. The van der Waals surface area contributed by atoms with E-state index in [1.807, 2.05) is 79.0 Å². The van der Waals surface area contributed by atoms with Crippen molar-refractivity contribution in [2.45, 2.75) is 38.1 Å². The number of carbonyl (C=O) groups is 2. The maximum atomic E-state index is 12.4. The van der Waals surface area contributed by atoms with Crippen LogP contribution in [-0.4, -0.2) is 16.8 Å². The number of unbranched alkanes of at least 4 members (excludes halogenated alkanes) is 1. The first kappa shape index (κ1) is 25.9. The second kappa shape index (κ2) is 12.7. The van der Waals surface area contributed by atoms with Crippen LogP contribution in [0.5, 0.6) is 0 Å². The minimum Gasteiger partial charge on any atom is -0.398 e. The summed E-state index contributed by atoms with van der Waals surface area (Å²) in [5.41, 5.74) is 15.7. The number of para-hydroxylation sites is 2. The second-order valence-electron chi connectivity index (χ2n) is 8.81. The molecule has 0 fully saturated rings. The Balaban J connectivity index is 1.22. The SMILES string of the molecule is NC(=O)C(CCCCC(=O)Nc1ccc(-c2ncc(CNc3ccccc3)s2)cc1)c1ccccc1N. The van der Waals surface area contributed by atoms with Crippen molar-refractivity contribution in [2.24, 2.45) is 5.73 Å². The highest BCUT2D eigenvalue weighted by atomic mass is 32.1. The number of hydrogen-bond acceptors (Lipinski definition) is 6. The van der Waals surface area contributed by atoms with E-state index in [0.717, 1.165) is 38.9 Å². The molecule has 0 aliphatic rings. The lowest BCUT2D eigenvalue weighted by Gasteiger charge is -2.15. The highest BCUT2D eigenvalue weighted by Crippen LogP contribution is 2.28.